The molecule has 0 aliphatic rings. The van der Waals surface area contributed by atoms with Crippen LogP contribution in [-0.2, 0) is 10.3 Å². The Balaban J connectivity index is 2.58. The van der Waals surface area contributed by atoms with Gasteiger partial charge >= 0.3 is 0 Å². The van der Waals surface area contributed by atoms with E-state index in [0.717, 1.165) is 5.56 Å². The van der Waals surface area contributed by atoms with Gasteiger partial charge in [-0.25, -0.2) is 4.98 Å². The van der Waals surface area contributed by atoms with Gasteiger partial charge in [-0.05, 0) is 19.4 Å². The van der Waals surface area contributed by atoms with Gasteiger partial charge in [0.15, 0.2) is 5.78 Å². The molecule has 0 aliphatic carbocycles. The van der Waals surface area contributed by atoms with Crippen molar-refractivity contribution in [1.29, 1.82) is 0 Å². The number of nitrogens with two attached hydrogens (primary N) is 1. The third-order valence-electron chi connectivity index (χ3n) is 3.14. The SMILES string of the molecule is CC(=O)[C@@](C)(c1ccccc1)n1cnc(N)c1. The van der Waals surface area contributed by atoms with Crippen LogP contribution >= 0.6 is 0 Å². The van der Waals surface area contributed by atoms with Crippen LogP contribution in [0.1, 0.15) is 19.4 Å². The summed E-state index contributed by atoms with van der Waals surface area (Å²) in [6, 6.07) is 9.61. The van der Waals surface area contributed by atoms with Crippen LogP contribution in [0.5, 0.6) is 0 Å². The van der Waals surface area contributed by atoms with Crippen molar-refractivity contribution in [2.45, 2.75) is 19.4 Å². The molecule has 88 valence electrons. The predicted octanol–water partition coefficient (Wildman–Crippen LogP) is 1.82. The molecule has 1 aromatic carbocycles. The van der Waals surface area contributed by atoms with Crippen LogP contribution < -0.4 is 5.73 Å². The summed E-state index contributed by atoms with van der Waals surface area (Å²) in [4.78, 5) is 16.0. The van der Waals surface area contributed by atoms with E-state index in [0.29, 0.717) is 5.82 Å². The van der Waals surface area contributed by atoms with Crippen LogP contribution in [0.4, 0.5) is 5.82 Å². The second kappa shape index (κ2) is 4.05. The third kappa shape index (κ3) is 1.82. The molecule has 2 rings (SSSR count). The first-order valence-corrected chi connectivity index (χ1v) is 5.41. The molecule has 0 bridgehead atoms. The van der Waals surface area contributed by atoms with Crippen molar-refractivity contribution < 1.29 is 4.79 Å². The van der Waals surface area contributed by atoms with Crippen LogP contribution in [0.15, 0.2) is 42.9 Å². The van der Waals surface area contributed by atoms with E-state index in [-0.39, 0.29) is 5.78 Å². The average Bonchev–Trinajstić information content (AvgIpc) is 2.76. The summed E-state index contributed by atoms with van der Waals surface area (Å²) in [7, 11) is 0. The average molecular weight is 229 g/mol. The maximum atomic E-state index is 12.0. The van der Waals surface area contributed by atoms with E-state index in [1.807, 2.05) is 37.3 Å². The molecule has 4 heteroatoms. The van der Waals surface area contributed by atoms with Gasteiger partial charge in [-0.1, -0.05) is 30.3 Å². The molecule has 0 spiro atoms. The molecule has 0 aliphatic heterocycles. The van der Waals surface area contributed by atoms with Crippen LogP contribution in [0.3, 0.4) is 0 Å². The highest BCUT2D eigenvalue weighted by molar-refractivity contribution is 5.87. The number of anilines is 1. The topological polar surface area (TPSA) is 60.9 Å². The molecular weight excluding hydrogens is 214 g/mol. The number of imidazole rings is 1. The molecule has 17 heavy (non-hydrogen) atoms. The van der Waals surface area contributed by atoms with Gasteiger partial charge in [0.25, 0.3) is 0 Å². The lowest BCUT2D eigenvalue weighted by Crippen LogP contribution is -2.37. The van der Waals surface area contributed by atoms with Crippen molar-refractivity contribution >= 4 is 11.6 Å². The lowest BCUT2D eigenvalue weighted by molar-refractivity contribution is -0.122. The van der Waals surface area contributed by atoms with Gasteiger partial charge < -0.3 is 10.3 Å². The molecule has 0 saturated heterocycles. The summed E-state index contributed by atoms with van der Waals surface area (Å²) in [5.74, 6) is 0.453. The fourth-order valence-electron chi connectivity index (χ4n) is 1.88. The van der Waals surface area contributed by atoms with Crippen LogP contribution in [-0.4, -0.2) is 15.3 Å². The van der Waals surface area contributed by atoms with Gasteiger partial charge in [0.1, 0.15) is 11.4 Å². The first-order valence-electron chi connectivity index (χ1n) is 5.41. The second-order valence-electron chi connectivity index (χ2n) is 4.20. The Kier molecular flexibility index (Phi) is 2.71. The minimum absolute atomic E-state index is 0.0427. The summed E-state index contributed by atoms with van der Waals surface area (Å²) in [6.07, 6.45) is 3.26. The first kappa shape index (κ1) is 11.4. The molecule has 0 saturated carbocycles. The summed E-state index contributed by atoms with van der Waals surface area (Å²) >= 11 is 0. The Morgan fingerprint density at radius 3 is 2.47 bits per heavy atom. The Hall–Kier alpha value is -2.10. The summed E-state index contributed by atoms with van der Waals surface area (Å²) in [6.45, 7) is 3.44. The highest BCUT2D eigenvalue weighted by atomic mass is 16.1. The number of rotatable bonds is 3. The summed E-state index contributed by atoms with van der Waals surface area (Å²) in [5.41, 5.74) is 5.77. The van der Waals surface area contributed by atoms with E-state index in [1.54, 1.807) is 24.0 Å². The Morgan fingerprint density at radius 2 is 2.00 bits per heavy atom. The largest absolute Gasteiger partial charge is 0.382 e. The minimum atomic E-state index is -0.758. The van der Waals surface area contributed by atoms with Gasteiger partial charge in [0, 0.05) is 6.20 Å². The zero-order chi connectivity index (χ0) is 12.5. The quantitative estimate of drug-likeness (QED) is 0.873. The maximum Gasteiger partial charge on any atom is 0.159 e. The highest BCUT2D eigenvalue weighted by Crippen LogP contribution is 2.27. The van der Waals surface area contributed by atoms with E-state index >= 15 is 0 Å². The first-order chi connectivity index (χ1) is 8.05. The second-order valence-corrected chi connectivity index (χ2v) is 4.20. The smallest absolute Gasteiger partial charge is 0.159 e. The number of hydrogen-bond donors (Lipinski definition) is 1. The number of aromatic nitrogens is 2. The molecule has 0 unspecified atom stereocenters. The Labute approximate surface area is 100 Å². The zero-order valence-corrected chi connectivity index (χ0v) is 9.92. The van der Waals surface area contributed by atoms with E-state index < -0.39 is 5.54 Å². The number of Topliss-reactive ketones (excluding diaryl/α,β-unsaturated/α-hetero) is 1. The molecule has 1 atom stereocenters. The molecule has 2 N–H and O–H groups in total. The molecular formula is C13H15N3O. The van der Waals surface area contributed by atoms with Gasteiger partial charge in [-0.15, -0.1) is 0 Å². The lowest BCUT2D eigenvalue weighted by atomic mass is 9.88. The maximum absolute atomic E-state index is 12.0. The predicted molar refractivity (Wildman–Crippen MR) is 66.5 cm³/mol. The van der Waals surface area contributed by atoms with E-state index in [9.17, 15) is 4.79 Å². The van der Waals surface area contributed by atoms with E-state index in [4.69, 9.17) is 5.73 Å². The highest BCUT2D eigenvalue weighted by Gasteiger charge is 2.33. The van der Waals surface area contributed by atoms with Crippen molar-refractivity contribution in [1.82, 2.24) is 9.55 Å². The van der Waals surface area contributed by atoms with Crippen molar-refractivity contribution in [3.05, 3.63) is 48.4 Å². The molecule has 0 radical (unpaired) electrons. The number of hydrogen-bond acceptors (Lipinski definition) is 3. The fourth-order valence-corrected chi connectivity index (χ4v) is 1.88. The fraction of sp³-hybridized carbons (Fsp3) is 0.231. The van der Waals surface area contributed by atoms with Gasteiger partial charge in [0.05, 0.1) is 6.33 Å². The third-order valence-corrected chi connectivity index (χ3v) is 3.14. The summed E-state index contributed by atoms with van der Waals surface area (Å²) < 4.78 is 1.75. The van der Waals surface area contributed by atoms with Crippen molar-refractivity contribution in [3.63, 3.8) is 0 Å². The van der Waals surface area contributed by atoms with E-state index in [2.05, 4.69) is 4.98 Å². The molecule has 1 aromatic heterocycles. The molecule has 4 nitrogen and oxygen atoms in total. The normalized spacial score (nSPS) is 14.2. The van der Waals surface area contributed by atoms with Gasteiger partial charge in [-0.3, -0.25) is 4.79 Å². The zero-order valence-electron chi connectivity index (χ0n) is 9.92. The standard InChI is InChI=1S/C13H15N3O/c1-10(17)13(2,11-6-4-3-5-7-11)16-8-12(14)15-9-16/h3-9H,14H2,1-2H3/t13-/m0/s1. The molecule has 1 heterocycles. The van der Waals surface area contributed by atoms with E-state index in [1.165, 1.54) is 0 Å². The number of nitrogens with zero attached hydrogens (tertiary/aromatic N) is 2. The molecule has 0 fully saturated rings. The van der Waals surface area contributed by atoms with Crippen molar-refractivity contribution in [2.75, 3.05) is 5.73 Å². The van der Waals surface area contributed by atoms with Crippen LogP contribution in [0.2, 0.25) is 0 Å². The number of carbonyl (C=O) groups is 1. The number of nitrogen functional groups attached to an aromatic ring is 1. The van der Waals surface area contributed by atoms with Gasteiger partial charge in [-0.2, -0.15) is 0 Å². The number of ketones is 1. The van der Waals surface area contributed by atoms with Crippen molar-refractivity contribution in [3.8, 4) is 0 Å². The Bertz CT molecular complexity index is 533. The summed E-state index contributed by atoms with van der Waals surface area (Å²) in [5, 5.41) is 0. The lowest BCUT2D eigenvalue weighted by Gasteiger charge is -2.28. The molecule has 2 aromatic rings. The van der Waals surface area contributed by atoms with Crippen LogP contribution in [0, 0.1) is 0 Å². The Morgan fingerprint density at radius 1 is 1.35 bits per heavy atom. The van der Waals surface area contributed by atoms with Gasteiger partial charge in [0.2, 0.25) is 0 Å². The number of benzene rings is 1. The van der Waals surface area contributed by atoms with Crippen LogP contribution in [0.25, 0.3) is 0 Å². The monoisotopic (exact) mass is 229 g/mol. The minimum Gasteiger partial charge on any atom is -0.382 e. The number of carbonyl (C=O) groups excluding carboxylic acids is 1. The van der Waals surface area contributed by atoms with Crippen molar-refractivity contribution in [2.24, 2.45) is 0 Å². The molecule has 0 amide bonds.